The lowest BCUT2D eigenvalue weighted by Gasteiger charge is -2.25. The Balaban J connectivity index is 3.03. The lowest BCUT2D eigenvalue weighted by atomic mass is 10.1. The second-order valence-corrected chi connectivity index (χ2v) is 5.28. The van der Waals surface area contributed by atoms with Gasteiger partial charge in [0.05, 0.1) is 27.2 Å². The van der Waals surface area contributed by atoms with Gasteiger partial charge in [-0.15, -0.1) is 0 Å². The Bertz CT molecular complexity index is 522. The summed E-state index contributed by atoms with van der Waals surface area (Å²) in [5.41, 5.74) is 0.465. The first kappa shape index (κ1) is 18.8. The Morgan fingerprint density at radius 3 is 2.09 bits per heavy atom. The molecule has 0 aliphatic carbocycles. The zero-order valence-electron chi connectivity index (χ0n) is 14.4. The number of ether oxygens (including phenoxy) is 3. The molecule has 1 unspecified atom stereocenters. The molecule has 1 amide bonds. The van der Waals surface area contributed by atoms with Gasteiger partial charge in [-0.3, -0.25) is 9.59 Å². The van der Waals surface area contributed by atoms with E-state index in [4.69, 9.17) is 14.2 Å². The molecule has 6 heteroatoms. The van der Waals surface area contributed by atoms with Crippen molar-refractivity contribution in [3.63, 3.8) is 0 Å². The Hall–Kier alpha value is -2.24. The zero-order chi connectivity index (χ0) is 17.4. The summed E-state index contributed by atoms with van der Waals surface area (Å²) in [6, 6.07) is 5.03. The van der Waals surface area contributed by atoms with Gasteiger partial charge in [-0.25, -0.2) is 0 Å². The molecule has 1 rings (SSSR count). The largest absolute Gasteiger partial charge is 0.497 e. The van der Waals surface area contributed by atoms with Crippen molar-refractivity contribution in [2.45, 2.75) is 20.3 Å². The third-order valence-corrected chi connectivity index (χ3v) is 3.48. The maximum Gasteiger partial charge on any atom is 0.310 e. The molecule has 0 radical (unpaired) electrons. The van der Waals surface area contributed by atoms with E-state index in [1.54, 1.807) is 30.0 Å². The summed E-state index contributed by atoms with van der Waals surface area (Å²) in [5, 5.41) is 0. The molecule has 0 aromatic heterocycles. The van der Waals surface area contributed by atoms with Gasteiger partial charge >= 0.3 is 5.97 Å². The summed E-state index contributed by atoms with van der Waals surface area (Å²) < 4.78 is 15.1. The van der Waals surface area contributed by atoms with E-state index in [2.05, 4.69) is 0 Å². The molecule has 0 saturated heterocycles. The van der Waals surface area contributed by atoms with Gasteiger partial charge in [0, 0.05) is 24.7 Å². The minimum atomic E-state index is -0.386. The number of hydrogen-bond acceptors (Lipinski definition) is 5. The van der Waals surface area contributed by atoms with E-state index in [0.717, 1.165) is 6.42 Å². The number of methoxy groups -OCH3 is 3. The van der Waals surface area contributed by atoms with Crippen LogP contribution in [0.25, 0.3) is 0 Å². The van der Waals surface area contributed by atoms with Crippen LogP contribution in [0.15, 0.2) is 18.2 Å². The predicted molar refractivity (Wildman–Crippen MR) is 86.9 cm³/mol. The van der Waals surface area contributed by atoms with Gasteiger partial charge in [0.25, 0.3) is 5.91 Å². The van der Waals surface area contributed by atoms with Gasteiger partial charge < -0.3 is 19.1 Å². The normalized spacial score (nSPS) is 11.5. The topological polar surface area (TPSA) is 65.1 Å². The number of carbonyl (C=O) groups is 2. The van der Waals surface area contributed by atoms with Crippen LogP contribution in [0, 0.1) is 5.92 Å². The van der Waals surface area contributed by atoms with Gasteiger partial charge in [-0.1, -0.05) is 13.8 Å². The van der Waals surface area contributed by atoms with Crippen molar-refractivity contribution in [1.82, 2.24) is 4.90 Å². The molecular formula is C17H25NO5. The lowest BCUT2D eigenvalue weighted by molar-refractivity contribution is -0.145. The number of hydrogen-bond donors (Lipinski definition) is 0. The average molecular weight is 323 g/mol. The van der Waals surface area contributed by atoms with Crippen LogP contribution < -0.4 is 9.47 Å². The molecule has 1 aromatic rings. The van der Waals surface area contributed by atoms with Crippen LogP contribution in [0.3, 0.4) is 0 Å². The fourth-order valence-corrected chi connectivity index (χ4v) is 2.27. The first-order valence-electron chi connectivity index (χ1n) is 7.56. The van der Waals surface area contributed by atoms with Gasteiger partial charge in [0.1, 0.15) is 11.5 Å². The molecule has 0 fully saturated rings. The van der Waals surface area contributed by atoms with E-state index in [-0.39, 0.29) is 17.8 Å². The third-order valence-electron chi connectivity index (χ3n) is 3.48. The summed E-state index contributed by atoms with van der Waals surface area (Å²) in [7, 11) is 4.41. The number of rotatable bonds is 8. The van der Waals surface area contributed by atoms with Crippen LogP contribution in [0.5, 0.6) is 11.5 Å². The van der Waals surface area contributed by atoms with E-state index >= 15 is 0 Å². The van der Waals surface area contributed by atoms with Crippen molar-refractivity contribution in [2.24, 2.45) is 5.92 Å². The van der Waals surface area contributed by atoms with Gasteiger partial charge in [-0.2, -0.15) is 0 Å². The molecule has 6 nitrogen and oxygen atoms in total. The highest BCUT2D eigenvalue weighted by Gasteiger charge is 2.22. The van der Waals surface area contributed by atoms with Crippen molar-refractivity contribution in [1.29, 1.82) is 0 Å². The highest BCUT2D eigenvalue weighted by Crippen LogP contribution is 2.23. The second-order valence-electron chi connectivity index (χ2n) is 5.28. The van der Waals surface area contributed by atoms with Crippen molar-refractivity contribution < 1.29 is 23.8 Å². The maximum atomic E-state index is 12.8. The maximum absolute atomic E-state index is 12.8. The Labute approximate surface area is 137 Å². The standard InChI is InChI=1S/C17H25NO5/c1-6-7-18(11-12(2)17(20)23-5)16(19)13-8-14(21-3)10-15(9-13)22-4/h8-10,12H,6-7,11H2,1-5H3. The number of nitrogens with zero attached hydrogens (tertiary/aromatic N) is 1. The Morgan fingerprint density at radius 1 is 1.09 bits per heavy atom. The monoisotopic (exact) mass is 323 g/mol. The lowest BCUT2D eigenvalue weighted by Crippen LogP contribution is -2.37. The van der Waals surface area contributed by atoms with Gasteiger partial charge in [-0.05, 0) is 18.6 Å². The van der Waals surface area contributed by atoms with Gasteiger partial charge in [0.2, 0.25) is 0 Å². The van der Waals surface area contributed by atoms with Crippen LogP contribution >= 0.6 is 0 Å². The van der Waals surface area contributed by atoms with E-state index in [0.29, 0.717) is 30.2 Å². The highest BCUT2D eigenvalue weighted by molar-refractivity contribution is 5.95. The van der Waals surface area contributed by atoms with Crippen LogP contribution in [-0.4, -0.2) is 51.2 Å². The second kappa shape index (κ2) is 9.02. The quantitative estimate of drug-likeness (QED) is 0.687. The molecule has 23 heavy (non-hydrogen) atoms. The van der Waals surface area contributed by atoms with Gasteiger partial charge in [0.15, 0.2) is 0 Å². The first-order valence-corrected chi connectivity index (χ1v) is 7.56. The predicted octanol–water partition coefficient (Wildman–Crippen LogP) is 2.37. The van der Waals surface area contributed by atoms with Crippen molar-refractivity contribution >= 4 is 11.9 Å². The Morgan fingerprint density at radius 2 is 1.65 bits per heavy atom. The third kappa shape index (κ3) is 5.16. The van der Waals surface area contributed by atoms with Crippen molar-refractivity contribution in [2.75, 3.05) is 34.4 Å². The molecule has 0 aliphatic heterocycles. The van der Waals surface area contributed by atoms with Crippen LogP contribution in [0.4, 0.5) is 0 Å². The summed E-state index contributed by atoms with van der Waals surface area (Å²) >= 11 is 0. The molecular weight excluding hydrogens is 298 g/mol. The van der Waals surface area contributed by atoms with Crippen LogP contribution in [-0.2, 0) is 9.53 Å². The molecule has 0 heterocycles. The molecule has 0 N–H and O–H groups in total. The van der Waals surface area contributed by atoms with Crippen LogP contribution in [0.1, 0.15) is 30.6 Å². The van der Waals surface area contributed by atoms with E-state index in [1.165, 1.54) is 21.3 Å². The molecule has 0 spiro atoms. The summed E-state index contributed by atoms with van der Waals surface area (Å²) in [6.07, 6.45) is 0.792. The first-order chi connectivity index (χ1) is 11.0. The van der Waals surface area contributed by atoms with Crippen molar-refractivity contribution in [3.8, 4) is 11.5 Å². The zero-order valence-corrected chi connectivity index (χ0v) is 14.4. The number of amides is 1. The molecule has 128 valence electrons. The van der Waals surface area contributed by atoms with Crippen LogP contribution in [0.2, 0.25) is 0 Å². The van der Waals surface area contributed by atoms with Crippen molar-refractivity contribution in [3.05, 3.63) is 23.8 Å². The summed E-state index contributed by atoms with van der Waals surface area (Å²) in [4.78, 5) is 26.0. The fourth-order valence-electron chi connectivity index (χ4n) is 2.27. The molecule has 0 aliphatic rings. The van der Waals surface area contributed by atoms with E-state index in [9.17, 15) is 9.59 Å². The number of esters is 1. The van der Waals surface area contributed by atoms with E-state index in [1.807, 2.05) is 6.92 Å². The molecule has 1 atom stereocenters. The number of benzene rings is 1. The SMILES string of the molecule is CCCN(CC(C)C(=O)OC)C(=O)c1cc(OC)cc(OC)c1. The minimum Gasteiger partial charge on any atom is -0.497 e. The molecule has 0 saturated carbocycles. The summed E-state index contributed by atoms with van der Waals surface area (Å²) in [5.74, 6) is 0.209. The van der Waals surface area contributed by atoms with E-state index < -0.39 is 0 Å². The smallest absolute Gasteiger partial charge is 0.310 e. The average Bonchev–Trinajstić information content (AvgIpc) is 2.59. The highest BCUT2D eigenvalue weighted by atomic mass is 16.5. The summed E-state index contributed by atoms with van der Waals surface area (Å²) in [6.45, 7) is 4.59. The fraction of sp³-hybridized carbons (Fsp3) is 0.529. The molecule has 0 bridgehead atoms. The number of carbonyl (C=O) groups excluding carboxylic acids is 2. The Kier molecular flexibility index (Phi) is 7.38. The molecule has 1 aromatic carbocycles. The minimum absolute atomic E-state index is 0.167.